The summed E-state index contributed by atoms with van der Waals surface area (Å²) < 4.78 is 18.8. The van der Waals surface area contributed by atoms with Gasteiger partial charge in [-0.05, 0) is 49.4 Å². The minimum atomic E-state index is -0.384. The molecule has 2 aromatic rings. The number of hydrogen-bond acceptors (Lipinski definition) is 3. The van der Waals surface area contributed by atoms with E-state index in [4.69, 9.17) is 4.74 Å². The number of benzene rings is 2. The van der Waals surface area contributed by atoms with E-state index in [2.05, 4.69) is 29.3 Å². The van der Waals surface area contributed by atoms with Crippen molar-refractivity contribution in [3.8, 4) is 5.75 Å². The molecule has 1 aliphatic rings. The summed E-state index contributed by atoms with van der Waals surface area (Å²) in [6.45, 7) is 8.74. The third-order valence-corrected chi connectivity index (χ3v) is 5.67. The van der Waals surface area contributed by atoms with Gasteiger partial charge in [-0.15, -0.1) is 0 Å². The molecule has 1 amide bonds. The number of anilines is 2. The molecule has 3 rings (SSSR count). The summed E-state index contributed by atoms with van der Waals surface area (Å²) in [4.78, 5) is 17.4. The predicted molar refractivity (Wildman–Crippen MR) is 117 cm³/mol. The highest BCUT2D eigenvalue weighted by Gasteiger charge is 2.18. The van der Waals surface area contributed by atoms with Crippen molar-refractivity contribution in [2.75, 3.05) is 63.6 Å². The molecule has 0 aromatic heterocycles. The van der Waals surface area contributed by atoms with Crippen molar-refractivity contribution >= 4 is 17.3 Å². The number of nitrogens with zero attached hydrogens (tertiary/aromatic N) is 1. The van der Waals surface area contributed by atoms with Crippen LogP contribution in [0.15, 0.2) is 42.5 Å². The lowest BCUT2D eigenvalue weighted by Crippen LogP contribution is -3.14. The topological polar surface area (TPSA) is 50.5 Å². The summed E-state index contributed by atoms with van der Waals surface area (Å²) in [7, 11) is 3.36. The maximum absolute atomic E-state index is 13.8. The monoisotopic (exact) mass is 416 g/mol. The fourth-order valence-corrected chi connectivity index (χ4v) is 3.90. The van der Waals surface area contributed by atoms with Gasteiger partial charge >= 0.3 is 0 Å². The van der Waals surface area contributed by atoms with E-state index in [0.717, 1.165) is 29.2 Å². The van der Waals surface area contributed by atoms with Crippen LogP contribution >= 0.6 is 0 Å². The maximum Gasteiger partial charge on any atom is 0.279 e. The highest BCUT2D eigenvalue weighted by molar-refractivity contribution is 5.91. The predicted octanol–water partition coefficient (Wildman–Crippen LogP) is 0.213. The molecule has 1 heterocycles. The van der Waals surface area contributed by atoms with Crippen molar-refractivity contribution in [3.63, 3.8) is 0 Å². The third-order valence-electron chi connectivity index (χ3n) is 5.67. The molecular weight excluding hydrogens is 383 g/mol. The zero-order chi connectivity index (χ0) is 21.5. The van der Waals surface area contributed by atoms with Gasteiger partial charge < -0.3 is 24.8 Å². The number of ether oxygens (including phenoxy) is 1. The quantitative estimate of drug-likeness (QED) is 0.577. The van der Waals surface area contributed by atoms with Gasteiger partial charge in [0.05, 0.1) is 46.9 Å². The Bertz CT molecular complexity index is 836. The average Bonchev–Trinajstić information content (AvgIpc) is 2.74. The molecule has 6 nitrogen and oxygen atoms in total. The van der Waals surface area contributed by atoms with Gasteiger partial charge in [0.2, 0.25) is 0 Å². The molecule has 0 spiro atoms. The second-order valence-electron chi connectivity index (χ2n) is 7.97. The van der Waals surface area contributed by atoms with Crippen LogP contribution in [-0.4, -0.2) is 59.3 Å². The molecule has 30 heavy (non-hydrogen) atoms. The fourth-order valence-electron chi connectivity index (χ4n) is 3.90. The maximum atomic E-state index is 13.8. The van der Waals surface area contributed by atoms with Crippen molar-refractivity contribution in [1.29, 1.82) is 0 Å². The van der Waals surface area contributed by atoms with Gasteiger partial charge in [0, 0.05) is 16.9 Å². The summed E-state index contributed by atoms with van der Waals surface area (Å²) in [5.41, 5.74) is 2.82. The van der Waals surface area contributed by atoms with Gasteiger partial charge in [0.25, 0.3) is 5.91 Å². The Morgan fingerprint density at radius 1 is 1.20 bits per heavy atom. The standard InChI is InChI=1S/C23H31FN4O2/c1-4-27-11-13-28(14-12-27)20-8-6-19(7-9-20)25-23(29)17-26(2)16-18-5-10-22(30-3)21(24)15-18/h5-10,15H,4,11-14,16-17H2,1-3H3,(H,25,29)/p+2. The number of carbonyl (C=O) groups excluding carboxylic acids is 1. The first-order chi connectivity index (χ1) is 14.5. The zero-order valence-corrected chi connectivity index (χ0v) is 18.1. The van der Waals surface area contributed by atoms with Gasteiger partial charge in [-0.3, -0.25) is 4.79 Å². The van der Waals surface area contributed by atoms with Crippen LogP contribution in [0.1, 0.15) is 12.5 Å². The van der Waals surface area contributed by atoms with Crippen LogP contribution in [0.4, 0.5) is 15.8 Å². The summed E-state index contributed by atoms with van der Waals surface area (Å²) >= 11 is 0. The first kappa shape index (κ1) is 22.1. The Labute approximate surface area is 178 Å². The molecule has 0 radical (unpaired) electrons. The lowest BCUT2D eigenvalue weighted by atomic mass is 10.2. The van der Waals surface area contributed by atoms with Crippen LogP contribution < -0.4 is 24.8 Å². The molecule has 162 valence electrons. The van der Waals surface area contributed by atoms with Crippen LogP contribution in [0, 0.1) is 5.82 Å². The molecule has 1 fully saturated rings. The zero-order valence-electron chi connectivity index (χ0n) is 18.1. The third kappa shape index (κ3) is 5.93. The lowest BCUT2D eigenvalue weighted by molar-refractivity contribution is -0.898. The molecule has 0 aliphatic carbocycles. The number of rotatable bonds is 8. The summed E-state index contributed by atoms with van der Waals surface area (Å²) in [6, 6.07) is 13.0. The van der Waals surface area contributed by atoms with Crippen LogP contribution in [0.25, 0.3) is 0 Å². The number of amides is 1. The molecule has 0 bridgehead atoms. The molecule has 0 saturated carbocycles. The fraction of sp³-hybridized carbons (Fsp3) is 0.435. The summed E-state index contributed by atoms with van der Waals surface area (Å²) in [5.74, 6) is -0.217. The molecule has 1 atom stereocenters. The van der Waals surface area contributed by atoms with Crippen molar-refractivity contribution in [2.24, 2.45) is 0 Å². The van der Waals surface area contributed by atoms with E-state index >= 15 is 0 Å². The Morgan fingerprint density at radius 2 is 1.90 bits per heavy atom. The minimum Gasteiger partial charge on any atom is -0.494 e. The molecule has 1 saturated heterocycles. The van der Waals surface area contributed by atoms with Gasteiger partial charge in [-0.1, -0.05) is 0 Å². The molecule has 1 unspecified atom stereocenters. The van der Waals surface area contributed by atoms with Gasteiger partial charge in [-0.25, -0.2) is 4.39 Å². The number of likely N-dealkylation sites (N-methyl/N-ethyl adjacent to an activating group) is 2. The van der Waals surface area contributed by atoms with Gasteiger partial charge in [0.15, 0.2) is 18.1 Å². The Kier molecular flexibility index (Phi) is 7.65. The molecule has 1 aliphatic heterocycles. The summed E-state index contributed by atoms with van der Waals surface area (Å²) in [5, 5.41) is 2.96. The second-order valence-corrected chi connectivity index (χ2v) is 7.97. The van der Waals surface area contributed by atoms with Gasteiger partial charge in [-0.2, -0.15) is 0 Å². The van der Waals surface area contributed by atoms with E-state index in [1.165, 1.54) is 38.5 Å². The van der Waals surface area contributed by atoms with Crippen LogP contribution in [-0.2, 0) is 11.3 Å². The smallest absolute Gasteiger partial charge is 0.279 e. The van der Waals surface area contributed by atoms with Crippen LogP contribution in [0.5, 0.6) is 5.75 Å². The Hall–Kier alpha value is -2.64. The lowest BCUT2D eigenvalue weighted by Gasteiger charge is -2.33. The van der Waals surface area contributed by atoms with E-state index in [1.807, 2.05) is 25.2 Å². The van der Waals surface area contributed by atoms with Crippen molar-refractivity contribution in [3.05, 3.63) is 53.8 Å². The second kappa shape index (κ2) is 10.4. The largest absolute Gasteiger partial charge is 0.494 e. The number of nitrogens with one attached hydrogen (secondary N) is 3. The number of carbonyl (C=O) groups is 1. The number of halogens is 1. The highest BCUT2D eigenvalue weighted by atomic mass is 19.1. The van der Waals surface area contributed by atoms with E-state index in [1.54, 1.807) is 11.0 Å². The number of piperazine rings is 1. The molecular formula is C23H33FN4O2+2. The van der Waals surface area contributed by atoms with Crippen LogP contribution in [0.2, 0.25) is 0 Å². The average molecular weight is 417 g/mol. The first-order valence-electron chi connectivity index (χ1n) is 10.6. The minimum absolute atomic E-state index is 0.0607. The normalized spacial score (nSPS) is 15.7. The SMILES string of the molecule is CC[NH+]1CCN(c2ccc(NC(=O)C[NH+](C)Cc3ccc(OC)c(F)c3)cc2)CC1. The van der Waals surface area contributed by atoms with E-state index in [9.17, 15) is 9.18 Å². The first-order valence-corrected chi connectivity index (χ1v) is 10.6. The molecule has 7 heteroatoms. The van der Waals surface area contributed by atoms with E-state index in [-0.39, 0.29) is 17.5 Å². The van der Waals surface area contributed by atoms with Crippen molar-refractivity contribution in [1.82, 2.24) is 0 Å². The molecule has 3 N–H and O–H groups in total. The van der Waals surface area contributed by atoms with E-state index < -0.39 is 0 Å². The van der Waals surface area contributed by atoms with E-state index in [0.29, 0.717) is 13.1 Å². The summed E-state index contributed by atoms with van der Waals surface area (Å²) in [6.07, 6.45) is 0. The van der Waals surface area contributed by atoms with Gasteiger partial charge in [0.1, 0.15) is 6.54 Å². The Morgan fingerprint density at radius 3 is 2.50 bits per heavy atom. The number of methoxy groups -OCH3 is 1. The van der Waals surface area contributed by atoms with Crippen molar-refractivity contribution in [2.45, 2.75) is 13.5 Å². The number of quaternary nitrogens is 2. The Balaban J connectivity index is 1.48. The number of hydrogen-bond donors (Lipinski definition) is 3. The van der Waals surface area contributed by atoms with Crippen molar-refractivity contribution < 1.29 is 23.7 Å². The van der Waals surface area contributed by atoms with Crippen LogP contribution in [0.3, 0.4) is 0 Å². The molecule has 2 aromatic carbocycles. The highest BCUT2D eigenvalue weighted by Crippen LogP contribution is 2.18.